The second-order valence-corrected chi connectivity index (χ2v) is 8.64. The standard InChI is InChI=1S/C11H27NO6P2/c1-7-15-19(13,16-8-2)11(12(5)6)20(14,17-9-3)18-10-4/h11H,7-10H2,1-6H3. The molecule has 0 heterocycles. The summed E-state index contributed by atoms with van der Waals surface area (Å²) in [5.41, 5.74) is -1.09. The van der Waals surface area contributed by atoms with E-state index in [0.29, 0.717) is 0 Å². The molecule has 0 N–H and O–H groups in total. The Morgan fingerprint density at radius 3 is 1.15 bits per heavy atom. The molecular weight excluding hydrogens is 304 g/mol. The van der Waals surface area contributed by atoms with Crippen LogP contribution in [0.1, 0.15) is 27.7 Å². The molecule has 0 aromatic carbocycles. The maximum Gasteiger partial charge on any atom is 0.360 e. The quantitative estimate of drug-likeness (QED) is 0.537. The van der Waals surface area contributed by atoms with Gasteiger partial charge in [-0.1, -0.05) is 0 Å². The highest BCUT2D eigenvalue weighted by Gasteiger charge is 2.52. The molecule has 0 radical (unpaired) electrons. The van der Waals surface area contributed by atoms with Gasteiger partial charge in [-0.25, -0.2) is 0 Å². The summed E-state index contributed by atoms with van der Waals surface area (Å²) in [4.78, 5) is 1.51. The first-order valence-electron chi connectivity index (χ1n) is 6.75. The Bertz CT molecular complexity index is 313. The minimum absolute atomic E-state index is 0.180. The second kappa shape index (κ2) is 9.31. The van der Waals surface area contributed by atoms with Crippen molar-refractivity contribution in [2.75, 3.05) is 40.5 Å². The molecule has 0 aromatic rings. The first kappa shape index (κ1) is 20.3. The molecule has 0 saturated heterocycles. The minimum atomic E-state index is -3.65. The van der Waals surface area contributed by atoms with Gasteiger partial charge in [0.05, 0.1) is 26.4 Å². The topological polar surface area (TPSA) is 74.3 Å². The van der Waals surface area contributed by atoms with Crippen LogP contribution in [0.2, 0.25) is 0 Å². The van der Waals surface area contributed by atoms with Crippen LogP contribution in [0.4, 0.5) is 0 Å². The molecule has 20 heavy (non-hydrogen) atoms. The third-order valence-electron chi connectivity index (χ3n) is 2.26. The van der Waals surface area contributed by atoms with Crippen LogP contribution in [-0.2, 0) is 27.2 Å². The van der Waals surface area contributed by atoms with Gasteiger partial charge in [-0.15, -0.1) is 0 Å². The SMILES string of the molecule is CCOP(=O)(OCC)C(N(C)C)P(=O)(OCC)OCC. The van der Waals surface area contributed by atoms with Crippen molar-refractivity contribution >= 4 is 15.2 Å². The highest BCUT2D eigenvalue weighted by atomic mass is 31.2. The Labute approximate surface area is 122 Å². The van der Waals surface area contributed by atoms with Crippen LogP contribution in [0.3, 0.4) is 0 Å². The number of hydrogen-bond donors (Lipinski definition) is 0. The van der Waals surface area contributed by atoms with E-state index in [1.54, 1.807) is 41.8 Å². The van der Waals surface area contributed by atoms with E-state index in [1.165, 1.54) is 4.90 Å². The van der Waals surface area contributed by atoms with Crippen LogP contribution in [0.15, 0.2) is 0 Å². The van der Waals surface area contributed by atoms with Gasteiger partial charge in [0.1, 0.15) is 0 Å². The lowest BCUT2D eigenvalue weighted by atomic mass is 10.9. The molecule has 9 heteroatoms. The highest BCUT2D eigenvalue weighted by molar-refractivity contribution is 7.72. The summed E-state index contributed by atoms with van der Waals surface area (Å²) in [5, 5.41) is 0. The third kappa shape index (κ3) is 5.23. The average Bonchev–Trinajstić information content (AvgIpc) is 2.28. The molecule has 0 saturated carbocycles. The van der Waals surface area contributed by atoms with Crippen molar-refractivity contribution in [2.45, 2.75) is 33.2 Å². The lowest BCUT2D eigenvalue weighted by Crippen LogP contribution is -2.31. The molecular formula is C11H27NO6P2. The molecule has 7 nitrogen and oxygen atoms in total. The monoisotopic (exact) mass is 331 g/mol. The van der Waals surface area contributed by atoms with Crippen LogP contribution < -0.4 is 0 Å². The Kier molecular flexibility index (Phi) is 9.43. The fraction of sp³-hybridized carbons (Fsp3) is 1.00. The molecule has 0 aliphatic carbocycles. The van der Waals surface area contributed by atoms with Crippen molar-refractivity contribution < 1.29 is 27.2 Å². The molecule has 0 rings (SSSR count). The summed E-state index contributed by atoms with van der Waals surface area (Å²) in [6.45, 7) is 7.52. The zero-order valence-corrected chi connectivity index (χ0v) is 15.0. The van der Waals surface area contributed by atoms with Gasteiger partial charge in [0.2, 0.25) is 5.52 Å². The van der Waals surface area contributed by atoms with Crippen molar-refractivity contribution in [3.63, 3.8) is 0 Å². The fourth-order valence-electron chi connectivity index (χ4n) is 1.80. The van der Waals surface area contributed by atoms with E-state index in [-0.39, 0.29) is 26.4 Å². The van der Waals surface area contributed by atoms with Crippen LogP contribution in [0, 0.1) is 0 Å². The number of nitrogens with zero attached hydrogens (tertiary/aromatic N) is 1. The van der Waals surface area contributed by atoms with Crippen LogP contribution in [-0.4, -0.2) is 50.9 Å². The highest BCUT2D eigenvalue weighted by Crippen LogP contribution is 2.70. The molecule has 0 amide bonds. The predicted molar refractivity (Wildman–Crippen MR) is 79.2 cm³/mol. The van der Waals surface area contributed by atoms with E-state index >= 15 is 0 Å². The molecule has 0 bridgehead atoms. The Morgan fingerprint density at radius 1 is 0.750 bits per heavy atom. The summed E-state index contributed by atoms with van der Waals surface area (Å²) in [6.07, 6.45) is 0. The number of rotatable bonds is 11. The smallest absolute Gasteiger partial charge is 0.307 e. The Morgan fingerprint density at radius 2 is 1.00 bits per heavy atom. The molecule has 0 aliphatic rings. The lowest BCUT2D eigenvalue weighted by molar-refractivity contribution is 0.170. The van der Waals surface area contributed by atoms with Crippen LogP contribution in [0.5, 0.6) is 0 Å². The molecule has 0 aromatic heterocycles. The van der Waals surface area contributed by atoms with Crippen molar-refractivity contribution in [2.24, 2.45) is 0 Å². The van der Waals surface area contributed by atoms with Gasteiger partial charge in [0, 0.05) is 0 Å². The maximum absolute atomic E-state index is 12.9. The van der Waals surface area contributed by atoms with E-state index in [4.69, 9.17) is 18.1 Å². The van der Waals surface area contributed by atoms with Gasteiger partial charge < -0.3 is 18.1 Å². The summed E-state index contributed by atoms with van der Waals surface area (Å²) in [6, 6.07) is 0. The van der Waals surface area contributed by atoms with Crippen molar-refractivity contribution in [1.29, 1.82) is 0 Å². The minimum Gasteiger partial charge on any atom is -0.307 e. The molecule has 0 atom stereocenters. The number of hydrogen-bond acceptors (Lipinski definition) is 7. The average molecular weight is 331 g/mol. The van der Waals surface area contributed by atoms with Gasteiger partial charge in [-0.2, -0.15) is 0 Å². The Hall–Kier alpha value is 0.260. The van der Waals surface area contributed by atoms with E-state index < -0.39 is 20.7 Å². The molecule has 0 spiro atoms. The Balaban J connectivity index is 5.67. The lowest BCUT2D eigenvalue weighted by Gasteiger charge is -2.34. The van der Waals surface area contributed by atoms with E-state index in [0.717, 1.165) is 0 Å². The van der Waals surface area contributed by atoms with Crippen LogP contribution >= 0.6 is 15.2 Å². The normalized spacial score (nSPS) is 13.4. The summed E-state index contributed by atoms with van der Waals surface area (Å²) >= 11 is 0. The van der Waals surface area contributed by atoms with E-state index in [2.05, 4.69) is 0 Å². The fourth-order valence-corrected chi connectivity index (χ4v) is 7.24. The largest absolute Gasteiger partial charge is 0.360 e. The third-order valence-corrected chi connectivity index (χ3v) is 8.49. The summed E-state index contributed by atoms with van der Waals surface area (Å²) < 4.78 is 47.0. The zero-order chi connectivity index (χ0) is 15.8. The van der Waals surface area contributed by atoms with Gasteiger partial charge >= 0.3 is 15.2 Å². The summed E-state index contributed by atoms with van der Waals surface area (Å²) in [5.74, 6) is 0. The molecule has 0 fully saturated rings. The van der Waals surface area contributed by atoms with Gasteiger partial charge in [-0.3, -0.25) is 14.0 Å². The van der Waals surface area contributed by atoms with Crippen LogP contribution in [0.25, 0.3) is 0 Å². The molecule has 0 aliphatic heterocycles. The first-order valence-corrected chi connectivity index (χ1v) is 9.97. The van der Waals surface area contributed by atoms with E-state index in [1.807, 2.05) is 0 Å². The molecule has 122 valence electrons. The summed E-state index contributed by atoms with van der Waals surface area (Å²) in [7, 11) is -4.03. The van der Waals surface area contributed by atoms with Gasteiger partial charge in [-0.05, 0) is 41.8 Å². The predicted octanol–water partition coefficient (Wildman–Crippen LogP) is 3.36. The zero-order valence-electron chi connectivity index (χ0n) is 13.2. The maximum atomic E-state index is 12.9. The van der Waals surface area contributed by atoms with Crippen molar-refractivity contribution in [1.82, 2.24) is 4.90 Å². The molecule has 0 unspecified atom stereocenters. The van der Waals surface area contributed by atoms with Crippen molar-refractivity contribution in [3.05, 3.63) is 0 Å². The second-order valence-electron chi connectivity index (χ2n) is 4.06. The van der Waals surface area contributed by atoms with Crippen molar-refractivity contribution in [3.8, 4) is 0 Å². The van der Waals surface area contributed by atoms with Gasteiger partial charge in [0.25, 0.3) is 0 Å². The van der Waals surface area contributed by atoms with Gasteiger partial charge in [0.15, 0.2) is 0 Å². The first-order chi connectivity index (χ1) is 9.31. The van der Waals surface area contributed by atoms with E-state index in [9.17, 15) is 9.13 Å².